The second kappa shape index (κ2) is 6.97. The minimum Gasteiger partial charge on any atom is -0.385 e. The summed E-state index contributed by atoms with van der Waals surface area (Å²) in [6.45, 7) is 8.10. The average molecular weight is 288 g/mol. The molecule has 2 N–H and O–H groups in total. The molecule has 0 unspecified atom stereocenters. The fourth-order valence-electron chi connectivity index (χ4n) is 3.17. The SMILES string of the molecule is CCNc1ccc(C(=O)NCC2(C)CCCCC2)cc1C. The maximum Gasteiger partial charge on any atom is 0.251 e. The van der Waals surface area contributed by atoms with Crippen molar-refractivity contribution in [1.29, 1.82) is 0 Å². The predicted octanol–water partition coefficient (Wildman–Crippen LogP) is 4.13. The number of rotatable bonds is 5. The molecule has 3 nitrogen and oxygen atoms in total. The van der Waals surface area contributed by atoms with E-state index in [0.29, 0.717) is 0 Å². The topological polar surface area (TPSA) is 41.1 Å². The lowest BCUT2D eigenvalue weighted by molar-refractivity contribution is 0.0919. The Kier molecular flexibility index (Phi) is 5.27. The quantitative estimate of drug-likeness (QED) is 0.855. The lowest BCUT2D eigenvalue weighted by Gasteiger charge is -2.33. The van der Waals surface area contributed by atoms with Crippen molar-refractivity contribution in [3.63, 3.8) is 0 Å². The summed E-state index contributed by atoms with van der Waals surface area (Å²) >= 11 is 0. The highest BCUT2D eigenvalue weighted by molar-refractivity contribution is 5.94. The largest absolute Gasteiger partial charge is 0.385 e. The normalized spacial score (nSPS) is 17.3. The van der Waals surface area contributed by atoms with Gasteiger partial charge in [-0.25, -0.2) is 0 Å². The van der Waals surface area contributed by atoms with E-state index < -0.39 is 0 Å². The first-order chi connectivity index (χ1) is 10.0. The summed E-state index contributed by atoms with van der Waals surface area (Å²) in [7, 11) is 0. The Morgan fingerprint density at radius 2 is 1.95 bits per heavy atom. The second-order valence-corrected chi connectivity index (χ2v) is 6.61. The molecule has 0 heterocycles. The maximum atomic E-state index is 12.3. The highest BCUT2D eigenvalue weighted by Gasteiger charge is 2.27. The van der Waals surface area contributed by atoms with Crippen LogP contribution in [0.2, 0.25) is 0 Å². The third-order valence-electron chi connectivity index (χ3n) is 4.59. The molecule has 0 saturated heterocycles. The lowest BCUT2D eigenvalue weighted by Crippen LogP contribution is -2.37. The van der Waals surface area contributed by atoms with Crippen LogP contribution in [0.5, 0.6) is 0 Å². The van der Waals surface area contributed by atoms with Crippen LogP contribution in [0.25, 0.3) is 0 Å². The van der Waals surface area contributed by atoms with E-state index in [1.165, 1.54) is 32.1 Å². The van der Waals surface area contributed by atoms with Gasteiger partial charge in [0.1, 0.15) is 0 Å². The highest BCUT2D eigenvalue weighted by Crippen LogP contribution is 2.35. The zero-order valence-corrected chi connectivity index (χ0v) is 13.6. The number of carbonyl (C=O) groups is 1. The standard InChI is InChI=1S/C18H28N2O/c1-4-19-16-9-8-15(12-14(16)2)17(21)20-13-18(3)10-6-5-7-11-18/h8-9,12,19H,4-7,10-11,13H2,1-3H3,(H,20,21). The number of carbonyl (C=O) groups excluding carboxylic acids is 1. The van der Waals surface area contributed by atoms with Crippen LogP contribution in [-0.4, -0.2) is 19.0 Å². The summed E-state index contributed by atoms with van der Waals surface area (Å²) in [4.78, 5) is 12.3. The van der Waals surface area contributed by atoms with E-state index in [-0.39, 0.29) is 11.3 Å². The smallest absolute Gasteiger partial charge is 0.251 e. The van der Waals surface area contributed by atoms with Crippen LogP contribution in [0.1, 0.15) is 61.9 Å². The van der Waals surface area contributed by atoms with Crippen LogP contribution < -0.4 is 10.6 Å². The van der Waals surface area contributed by atoms with Crippen molar-refractivity contribution in [3.05, 3.63) is 29.3 Å². The number of amides is 1. The molecule has 3 heteroatoms. The molecular weight excluding hydrogens is 260 g/mol. The van der Waals surface area contributed by atoms with E-state index in [2.05, 4.69) is 24.5 Å². The Hall–Kier alpha value is -1.51. The highest BCUT2D eigenvalue weighted by atomic mass is 16.1. The van der Waals surface area contributed by atoms with Gasteiger partial charge in [-0.1, -0.05) is 26.2 Å². The molecule has 2 rings (SSSR count). The average Bonchev–Trinajstić information content (AvgIpc) is 2.48. The van der Waals surface area contributed by atoms with Crippen molar-refractivity contribution in [2.75, 3.05) is 18.4 Å². The fraction of sp³-hybridized carbons (Fsp3) is 0.611. The number of hydrogen-bond acceptors (Lipinski definition) is 2. The van der Waals surface area contributed by atoms with Crippen LogP contribution in [0.15, 0.2) is 18.2 Å². The van der Waals surface area contributed by atoms with E-state index >= 15 is 0 Å². The van der Waals surface area contributed by atoms with Crippen molar-refractivity contribution in [2.45, 2.75) is 52.9 Å². The molecule has 0 atom stereocenters. The van der Waals surface area contributed by atoms with Gasteiger partial charge in [0.25, 0.3) is 5.91 Å². The Bertz CT molecular complexity index is 490. The van der Waals surface area contributed by atoms with E-state index in [1.54, 1.807) is 0 Å². The van der Waals surface area contributed by atoms with Gasteiger partial charge >= 0.3 is 0 Å². The Morgan fingerprint density at radius 1 is 1.24 bits per heavy atom. The summed E-state index contributed by atoms with van der Waals surface area (Å²) in [6.07, 6.45) is 6.39. The minimum absolute atomic E-state index is 0.0490. The first-order valence-corrected chi connectivity index (χ1v) is 8.17. The number of anilines is 1. The van der Waals surface area contributed by atoms with Gasteiger partial charge < -0.3 is 10.6 Å². The predicted molar refractivity (Wildman–Crippen MR) is 88.9 cm³/mol. The van der Waals surface area contributed by atoms with Gasteiger partial charge in [0.05, 0.1) is 0 Å². The van der Waals surface area contributed by atoms with Crippen LogP contribution in [0, 0.1) is 12.3 Å². The minimum atomic E-state index is 0.0490. The molecule has 0 aliphatic heterocycles. The van der Waals surface area contributed by atoms with E-state index in [1.807, 2.05) is 25.1 Å². The molecular formula is C18H28N2O. The fourth-order valence-corrected chi connectivity index (χ4v) is 3.17. The Morgan fingerprint density at radius 3 is 2.57 bits per heavy atom. The molecule has 21 heavy (non-hydrogen) atoms. The van der Waals surface area contributed by atoms with Gasteiger partial charge in [-0.2, -0.15) is 0 Å². The maximum absolute atomic E-state index is 12.3. The number of hydrogen-bond donors (Lipinski definition) is 2. The van der Waals surface area contributed by atoms with E-state index in [0.717, 1.165) is 29.9 Å². The first kappa shape index (κ1) is 15.9. The molecule has 1 saturated carbocycles. The third-order valence-corrected chi connectivity index (χ3v) is 4.59. The van der Waals surface area contributed by atoms with Crippen molar-refractivity contribution in [1.82, 2.24) is 5.32 Å². The molecule has 1 aliphatic rings. The van der Waals surface area contributed by atoms with Gasteiger partial charge in [0.15, 0.2) is 0 Å². The van der Waals surface area contributed by atoms with Gasteiger partial charge in [0, 0.05) is 24.3 Å². The lowest BCUT2D eigenvalue weighted by atomic mass is 9.76. The van der Waals surface area contributed by atoms with Gasteiger partial charge in [-0.05, 0) is 55.9 Å². The molecule has 1 aliphatic carbocycles. The van der Waals surface area contributed by atoms with Crippen molar-refractivity contribution < 1.29 is 4.79 Å². The molecule has 1 fully saturated rings. The second-order valence-electron chi connectivity index (χ2n) is 6.61. The molecule has 0 spiro atoms. The molecule has 0 aromatic heterocycles. The van der Waals surface area contributed by atoms with Crippen LogP contribution in [0.3, 0.4) is 0 Å². The number of aryl methyl sites for hydroxylation is 1. The molecule has 1 aromatic rings. The third kappa shape index (κ3) is 4.23. The van der Waals surface area contributed by atoms with Crippen molar-refractivity contribution in [3.8, 4) is 0 Å². The molecule has 1 aromatic carbocycles. The molecule has 0 bridgehead atoms. The molecule has 116 valence electrons. The summed E-state index contributed by atoms with van der Waals surface area (Å²) < 4.78 is 0. The van der Waals surface area contributed by atoms with Crippen molar-refractivity contribution >= 4 is 11.6 Å². The zero-order chi connectivity index (χ0) is 15.3. The van der Waals surface area contributed by atoms with Gasteiger partial charge in [-0.3, -0.25) is 4.79 Å². The summed E-state index contributed by atoms with van der Waals surface area (Å²) in [5.74, 6) is 0.0490. The van der Waals surface area contributed by atoms with Crippen LogP contribution in [-0.2, 0) is 0 Å². The number of benzene rings is 1. The molecule has 1 amide bonds. The monoisotopic (exact) mass is 288 g/mol. The van der Waals surface area contributed by atoms with Gasteiger partial charge in [0.2, 0.25) is 0 Å². The molecule has 0 radical (unpaired) electrons. The summed E-state index contributed by atoms with van der Waals surface area (Å²) in [5, 5.41) is 6.43. The Balaban J connectivity index is 1.95. The van der Waals surface area contributed by atoms with E-state index in [9.17, 15) is 4.79 Å². The van der Waals surface area contributed by atoms with Crippen molar-refractivity contribution in [2.24, 2.45) is 5.41 Å². The zero-order valence-electron chi connectivity index (χ0n) is 13.6. The van der Waals surface area contributed by atoms with Crippen LogP contribution >= 0.6 is 0 Å². The first-order valence-electron chi connectivity index (χ1n) is 8.17. The number of nitrogens with one attached hydrogen (secondary N) is 2. The summed E-state index contributed by atoms with van der Waals surface area (Å²) in [5.41, 5.74) is 3.27. The Labute approximate surface area is 128 Å². The summed E-state index contributed by atoms with van der Waals surface area (Å²) in [6, 6.07) is 5.87. The van der Waals surface area contributed by atoms with Crippen LogP contribution in [0.4, 0.5) is 5.69 Å². The van der Waals surface area contributed by atoms with E-state index in [4.69, 9.17) is 0 Å². The van der Waals surface area contributed by atoms with Gasteiger partial charge in [-0.15, -0.1) is 0 Å².